The normalized spacial score (nSPS) is 13.1. The van der Waals surface area contributed by atoms with Crippen LogP contribution in [-0.2, 0) is 6.54 Å². The molecule has 2 aromatic rings. The summed E-state index contributed by atoms with van der Waals surface area (Å²) in [4.78, 5) is 39.1. The molecule has 1 atom stereocenters. The molecule has 0 bridgehead atoms. The van der Waals surface area contributed by atoms with Gasteiger partial charge < -0.3 is 5.11 Å². The molecule has 9 heteroatoms. The Morgan fingerprint density at radius 2 is 2.00 bits per heavy atom. The van der Waals surface area contributed by atoms with E-state index in [1.54, 1.807) is 0 Å². The molecule has 8 nitrogen and oxygen atoms in total. The van der Waals surface area contributed by atoms with Crippen LogP contribution in [0.5, 0.6) is 0 Å². The number of rotatable bonds is 2. The number of aliphatic hydroxyl groups is 1. The Labute approximate surface area is 99.1 Å². The van der Waals surface area contributed by atoms with Gasteiger partial charge in [-0.2, -0.15) is 0 Å². The molecule has 0 aliphatic heterocycles. The molecule has 17 heavy (non-hydrogen) atoms. The van der Waals surface area contributed by atoms with Crippen LogP contribution in [0.4, 0.5) is 0 Å². The van der Waals surface area contributed by atoms with E-state index in [0.717, 1.165) is 4.57 Å². The van der Waals surface area contributed by atoms with Crippen LogP contribution in [0.15, 0.2) is 14.4 Å². The molecular weight excluding hydrogens is 248 g/mol. The average Bonchev–Trinajstić information content (AvgIpc) is 2.63. The number of nitrogens with zero attached hydrogens (tertiary/aromatic N) is 2. The van der Waals surface area contributed by atoms with E-state index in [-0.39, 0.29) is 17.7 Å². The van der Waals surface area contributed by atoms with Gasteiger partial charge in [0.2, 0.25) is 0 Å². The molecule has 0 radical (unpaired) electrons. The fourth-order valence-corrected chi connectivity index (χ4v) is 1.78. The molecule has 3 N–H and O–H groups in total. The zero-order valence-corrected chi connectivity index (χ0v) is 9.69. The minimum absolute atomic E-state index is 0.0507. The lowest BCUT2D eigenvalue weighted by atomic mass is 10.4. The number of fused-ring (bicyclic) bond motifs is 1. The quantitative estimate of drug-likeness (QED) is 0.478. The summed E-state index contributed by atoms with van der Waals surface area (Å²) in [5, 5.41) is 9.28. The van der Waals surface area contributed by atoms with Gasteiger partial charge >= 0.3 is 11.4 Å². The molecule has 2 rings (SSSR count). The standard InChI is InChI=1S/C8H10N4O4S/c1-3(13)2-11-5-4(9-7(15)10-5)6(14)12(17)8(11)16/h3,13,17H,2H2,1H3,(H2,9,10,15). The molecular formula is C8H10N4O4S. The molecule has 1 unspecified atom stereocenters. The first-order valence-corrected chi connectivity index (χ1v) is 5.17. The zero-order chi connectivity index (χ0) is 12.7. The fourth-order valence-electron chi connectivity index (χ4n) is 1.57. The van der Waals surface area contributed by atoms with Crippen LogP contribution in [0.25, 0.3) is 11.2 Å². The van der Waals surface area contributed by atoms with Crippen molar-refractivity contribution in [3.8, 4) is 0 Å². The maximum Gasteiger partial charge on any atom is 0.342 e. The van der Waals surface area contributed by atoms with Crippen molar-refractivity contribution in [2.75, 3.05) is 0 Å². The minimum atomic E-state index is -0.805. The molecule has 92 valence electrons. The predicted molar refractivity (Wildman–Crippen MR) is 63.5 cm³/mol. The Bertz CT molecular complexity index is 735. The van der Waals surface area contributed by atoms with Crippen LogP contribution in [0.1, 0.15) is 6.92 Å². The Hall–Kier alpha value is -1.74. The zero-order valence-electron chi connectivity index (χ0n) is 8.80. The van der Waals surface area contributed by atoms with Gasteiger partial charge in [0.15, 0.2) is 5.52 Å². The van der Waals surface area contributed by atoms with Crippen LogP contribution in [0.3, 0.4) is 0 Å². The van der Waals surface area contributed by atoms with E-state index in [2.05, 4.69) is 22.8 Å². The molecule has 0 aromatic carbocycles. The number of thiol groups is 1. The van der Waals surface area contributed by atoms with Crippen LogP contribution in [-0.4, -0.2) is 29.7 Å². The molecule has 2 heterocycles. The predicted octanol–water partition coefficient (Wildman–Crippen LogP) is -1.75. The number of imidazole rings is 1. The van der Waals surface area contributed by atoms with E-state index in [4.69, 9.17) is 0 Å². The highest BCUT2D eigenvalue weighted by molar-refractivity contribution is 7.78. The van der Waals surface area contributed by atoms with Crippen LogP contribution < -0.4 is 16.9 Å². The van der Waals surface area contributed by atoms with Crippen LogP contribution in [0.2, 0.25) is 0 Å². The third-order valence-electron chi connectivity index (χ3n) is 2.24. The maximum atomic E-state index is 11.8. The highest BCUT2D eigenvalue weighted by Gasteiger charge is 2.15. The number of hydrogen-bond donors (Lipinski definition) is 4. The molecule has 0 saturated heterocycles. The Balaban J connectivity index is 2.95. The topological polar surface area (TPSA) is 113 Å². The van der Waals surface area contributed by atoms with Gasteiger partial charge in [-0.3, -0.25) is 19.3 Å². The number of aliphatic hydroxyl groups excluding tert-OH is 1. The lowest BCUT2D eigenvalue weighted by molar-refractivity contribution is 0.173. The average molecular weight is 258 g/mol. The van der Waals surface area contributed by atoms with Crippen molar-refractivity contribution in [2.24, 2.45) is 0 Å². The third kappa shape index (κ3) is 1.83. The number of nitrogens with one attached hydrogen (secondary N) is 2. The summed E-state index contributed by atoms with van der Waals surface area (Å²) in [6.45, 7) is 1.43. The lowest BCUT2D eigenvalue weighted by Crippen LogP contribution is -2.37. The highest BCUT2D eigenvalue weighted by atomic mass is 32.1. The van der Waals surface area contributed by atoms with Crippen molar-refractivity contribution in [3.05, 3.63) is 31.3 Å². The van der Waals surface area contributed by atoms with Gasteiger partial charge in [0.25, 0.3) is 5.56 Å². The Morgan fingerprint density at radius 1 is 1.35 bits per heavy atom. The first kappa shape index (κ1) is 11.7. The third-order valence-corrected chi connectivity index (χ3v) is 2.60. The largest absolute Gasteiger partial charge is 0.392 e. The lowest BCUT2D eigenvalue weighted by Gasteiger charge is -2.09. The molecule has 0 aliphatic rings. The number of aromatic nitrogens is 4. The monoisotopic (exact) mass is 258 g/mol. The van der Waals surface area contributed by atoms with Crippen molar-refractivity contribution in [1.29, 1.82) is 0 Å². The van der Waals surface area contributed by atoms with Gasteiger partial charge in [-0.25, -0.2) is 13.6 Å². The summed E-state index contributed by atoms with van der Waals surface area (Å²) in [5.41, 5.74) is -2.03. The van der Waals surface area contributed by atoms with Gasteiger partial charge in [-0.1, -0.05) is 12.8 Å². The molecule has 0 aliphatic carbocycles. The summed E-state index contributed by atoms with van der Waals surface area (Å²) >= 11 is 3.74. The molecule has 2 aromatic heterocycles. The minimum Gasteiger partial charge on any atom is -0.392 e. The van der Waals surface area contributed by atoms with Crippen molar-refractivity contribution in [2.45, 2.75) is 19.6 Å². The SMILES string of the molecule is CC(O)Cn1c(=O)n(S)c(=O)c2[nH]c(=O)[nH]c21. The van der Waals surface area contributed by atoms with E-state index in [1.165, 1.54) is 6.92 Å². The van der Waals surface area contributed by atoms with Crippen LogP contribution >= 0.6 is 12.8 Å². The second-order valence-electron chi connectivity index (χ2n) is 3.66. The van der Waals surface area contributed by atoms with Gasteiger partial charge in [-0.15, -0.1) is 0 Å². The van der Waals surface area contributed by atoms with Gasteiger partial charge in [0.1, 0.15) is 5.65 Å². The first-order chi connectivity index (χ1) is 7.91. The highest BCUT2D eigenvalue weighted by Crippen LogP contribution is 2.00. The van der Waals surface area contributed by atoms with Crippen molar-refractivity contribution < 1.29 is 5.11 Å². The van der Waals surface area contributed by atoms with E-state index < -0.39 is 23.0 Å². The number of H-pyrrole nitrogens is 2. The van der Waals surface area contributed by atoms with Crippen molar-refractivity contribution in [3.63, 3.8) is 0 Å². The van der Waals surface area contributed by atoms with Crippen molar-refractivity contribution in [1.82, 2.24) is 18.5 Å². The van der Waals surface area contributed by atoms with Gasteiger partial charge in [0.05, 0.1) is 12.6 Å². The molecule has 0 saturated carbocycles. The Morgan fingerprint density at radius 3 is 2.59 bits per heavy atom. The van der Waals surface area contributed by atoms with E-state index in [9.17, 15) is 19.5 Å². The summed E-state index contributed by atoms with van der Waals surface area (Å²) in [5.74, 6) is 0. The summed E-state index contributed by atoms with van der Waals surface area (Å²) < 4.78 is 1.65. The number of aromatic amines is 2. The van der Waals surface area contributed by atoms with Crippen molar-refractivity contribution >= 4 is 24.0 Å². The van der Waals surface area contributed by atoms with Crippen LogP contribution in [0, 0.1) is 0 Å². The fraction of sp³-hybridized carbons (Fsp3) is 0.375. The summed E-state index contributed by atoms with van der Waals surface area (Å²) in [6, 6.07) is 0. The summed E-state index contributed by atoms with van der Waals surface area (Å²) in [7, 11) is 0. The summed E-state index contributed by atoms with van der Waals surface area (Å²) in [6.07, 6.45) is -0.805. The van der Waals surface area contributed by atoms with E-state index in [1.807, 2.05) is 0 Å². The number of hydrogen-bond acceptors (Lipinski definition) is 5. The second-order valence-corrected chi connectivity index (χ2v) is 4.06. The molecule has 0 fully saturated rings. The van der Waals surface area contributed by atoms with Gasteiger partial charge in [-0.05, 0) is 6.92 Å². The van der Waals surface area contributed by atoms with E-state index in [0.29, 0.717) is 3.97 Å². The second kappa shape index (κ2) is 3.93. The Kier molecular flexibility index (Phi) is 2.71. The molecule has 0 amide bonds. The van der Waals surface area contributed by atoms with Gasteiger partial charge in [0, 0.05) is 0 Å². The van der Waals surface area contributed by atoms with E-state index >= 15 is 0 Å². The smallest absolute Gasteiger partial charge is 0.342 e. The maximum absolute atomic E-state index is 11.8. The first-order valence-electron chi connectivity index (χ1n) is 4.77. The molecule has 0 spiro atoms.